The van der Waals surface area contributed by atoms with Gasteiger partial charge in [0.1, 0.15) is 16.7 Å². The first kappa shape index (κ1) is 14.3. The molecule has 0 aliphatic rings. The van der Waals surface area contributed by atoms with Crippen LogP contribution < -0.4 is 11.3 Å². The van der Waals surface area contributed by atoms with E-state index in [2.05, 4.69) is 50.0 Å². The van der Waals surface area contributed by atoms with Crippen LogP contribution >= 0.6 is 11.8 Å². The fourth-order valence-electron chi connectivity index (χ4n) is 1.31. The van der Waals surface area contributed by atoms with Gasteiger partial charge in [-0.1, -0.05) is 34.6 Å². The number of nitrogens with one attached hydrogen (secondary N) is 1. The van der Waals surface area contributed by atoms with E-state index in [1.807, 2.05) is 6.92 Å². The standard InChI is InChI=1S/C12H22N4S/c1-7(2)17-10-8(3)9(16-13)14-11(15-10)12(4,5)6/h7H,13H2,1-6H3,(H,14,15,16). The third kappa shape index (κ3) is 3.57. The number of rotatable bonds is 3. The number of hydrogen-bond donors (Lipinski definition) is 2. The van der Waals surface area contributed by atoms with Gasteiger partial charge >= 0.3 is 0 Å². The van der Waals surface area contributed by atoms with Crippen LogP contribution in [0.1, 0.15) is 46.0 Å². The summed E-state index contributed by atoms with van der Waals surface area (Å²) in [5, 5.41) is 1.50. The summed E-state index contributed by atoms with van der Waals surface area (Å²) in [7, 11) is 0. The van der Waals surface area contributed by atoms with Gasteiger partial charge in [-0.2, -0.15) is 0 Å². The first-order valence-corrected chi connectivity index (χ1v) is 6.66. The van der Waals surface area contributed by atoms with Crippen LogP contribution in [-0.2, 0) is 5.41 Å². The van der Waals surface area contributed by atoms with Crippen molar-refractivity contribution in [3.8, 4) is 0 Å². The molecule has 1 rings (SSSR count). The second-order valence-corrected chi connectivity index (χ2v) is 6.95. The lowest BCUT2D eigenvalue weighted by atomic mass is 9.95. The van der Waals surface area contributed by atoms with Crippen molar-refractivity contribution in [3.63, 3.8) is 0 Å². The van der Waals surface area contributed by atoms with E-state index in [4.69, 9.17) is 5.84 Å². The van der Waals surface area contributed by atoms with Crippen molar-refractivity contribution in [2.24, 2.45) is 5.84 Å². The molecule has 3 N–H and O–H groups in total. The van der Waals surface area contributed by atoms with Crippen molar-refractivity contribution in [1.29, 1.82) is 0 Å². The molecule has 0 aromatic carbocycles. The zero-order valence-electron chi connectivity index (χ0n) is 11.5. The summed E-state index contributed by atoms with van der Waals surface area (Å²) < 4.78 is 0. The van der Waals surface area contributed by atoms with E-state index in [1.165, 1.54) is 0 Å². The average molecular weight is 254 g/mol. The monoisotopic (exact) mass is 254 g/mol. The van der Waals surface area contributed by atoms with E-state index >= 15 is 0 Å². The molecule has 0 amide bonds. The predicted octanol–water partition coefficient (Wildman–Crippen LogP) is 2.87. The molecule has 1 aromatic heterocycles. The Morgan fingerprint density at radius 2 is 1.82 bits per heavy atom. The highest BCUT2D eigenvalue weighted by atomic mass is 32.2. The van der Waals surface area contributed by atoms with E-state index in [0.29, 0.717) is 11.1 Å². The number of thioether (sulfide) groups is 1. The topological polar surface area (TPSA) is 63.8 Å². The molecule has 17 heavy (non-hydrogen) atoms. The lowest BCUT2D eigenvalue weighted by Crippen LogP contribution is -2.20. The molecular formula is C12H22N4S. The summed E-state index contributed by atoms with van der Waals surface area (Å²) in [6.45, 7) is 12.6. The number of nitrogen functional groups attached to an aromatic ring is 1. The van der Waals surface area contributed by atoms with E-state index in [1.54, 1.807) is 11.8 Å². The second kappa shape index (κ2) is 5.23. The van der Waals surface area contributed by atoms with Crippen LogP contribution in [0.15, 0.2) is 5.03 Å². The maximum Gasteiger partial charge on any atom is 0.147 e. The highest BCUT2D eigenvalue weighted by molar-refractivity contribution is 7.99. The summed E-state index contributed by atoms with van der Waals surface area (Å²) in [4.78, 5) is 9.12. The van der Waals surface area contributed by atoms with Gasteiger partial charge in [-0.15, -0.1) is 11.8 Å². The summed E-state index contributed by atoms with van der Waals surface area (Å²) in [5.41, 5.74) is 3.59. The van der Waals surface area contributed by atoms with Gasteiger partial charge in [-0.3, -0.25) is 0 Å². The maximum absolute atomic E-state index is 5.51. The van der Waals surface area contributed by atoms with E-state index < -0.39 is 0 Å². The highest BCUT2D eigenvalue weighted by Gasteiger charge is 2.21. The lowest BCUT2D eigenvalue weighted by Gasteiger charge is -2.20. The predicted molar refractivity (Wildman–Crippen MR) is 74.3 cm³/mol. The fourth-order valence-corrected chi connectivity index (χ4v) is 2.17. The molecule has 0 saturated carbocycles. The normalized spacial score (nSPS) is 12.0. The van der Waals surface area contributed by atoms with Crippen LogP contribution in [0.25, 0.3) is 0 Å². The number of hydrazine groups is 1. The second-order valence-electron chi connectivity index (χ2n) is 5.39. The Bertz CT molecular complexity index is 396. The molecule has 5 heteroatoms. The van der Waals surface area contributed by atoms with Crippen molar-refractivity contribution in [2.45, 2.75) is 57.2 Å². The van der Waals surface area contributed by atoms with Gasteiger partial charge in [-0.25, -0.2) is 15.8 Å². The molecule has 0 unspecified atom stereocenters. The van der Waals surface area contributed by atoms with Gasteiger partial charge in [0.15, 0.2) is 0 Å². The Labute approximate surface area is 108 Å². The Balaban J connectivity index is 3.28. The molecule has 0 spiro atoms. The SMILES string of the molecule is Cc1c(NN)nc(C(C)(C)C)nc1SC(C)C. The molecule has 0 fully saturated rings. The largest absolute Gasteiger partial charge is 0.308 e. The Kier molecular flexibility index (Phi) is 4.38. The van der Waals surface area contributed by atoms with Crippen molar-refractivity contribution in [2.75, 3.05) is 5.43 Å². The third-order valence-corrected chi connectivity index (χ3v) is 3.35. The van der Waals surface area contributed by atoms with Crippen molar-refractivity contribution < 1.29 is 0 Å². The molecule has 0 atom stereocenters. The Hall–Kier alpha value is -0.810. The molecule has 1 heterocycles. The molecule has 1 aromatic rings. The van der Waals surface area contributed by atoms with Crippen LogP contribution in [0.4, 0.5) is 5.82 Å². The number of nitrogens with zero attached hydrogens (tertiary/aromatic N) is 2. The van der Waals surface area contributed by atoms with E-state index in [9.17, 15) is 0 Å². The van der Waals surface area contributed by atoms with Crippen molar-refractivity contribution in [1.82, 2.24) is 9.97 Å². The molecule has 96 valence electrons. The molecule has 0 bridgehead atoms. The van der Waals surface area contributed by atoms with Crippen LogP contribution in [-0.4, -0.2) is 15.2 Å². The third-order valence-electron chi connectivity index (χ3n) is 2.26. The number of anilines is 1. The summed E-state index contributed by atoms with van der Waals surface area (Å²) >= 11 is 1.74. The molecule has 0 aliphatic heterocycles. The first-order chi connectivity index (χ1) is 7.75. The Morgan fingerprint density at radius 3 is 2.24 bits per heavy atom. The molecule has 4 nitrogen and oxygen atoms in total. The van der Waals surface area contributed by atoms with E-state index in [0.717, 1.165) is 16.4 Å². The molecular weight excluding hydrogens is 232 g/mol. The minimum absolute atomic E-state index is 0.0778. The minimum Gasteiger partial charge on any atom is -0.308 e. The van der Waals surface area contributed by atoms with Gasteiger partial charge in [0.2, 0.25) is 0 Å². The van der Waals surface area contributed by atoms with Gasteiger partial charge in [0.05, 0.1) is 0 Å². The zero-order chi connectivity index (χ0) is 13.2. The number of aromatic nitrogens is 2. The van der Waals surface area contributed by atoms with Crippen molar-refractivity contribution in [3.05, 3.63) is 11.4 Å². The first-order valence-electron chi connectivity index (χ1n) is 5.78. The smallest absolute Gasteiger partial charge is 0.147 e. The summed E-state index contributed by atoms with van der Waals surface area (Å²) in [5.74, 6) is 7.05. The van der Waals surface area contributed by atoms with E-state index in [-0.39, 0.29) is 5.41 Å². The summed E-state index contributed by atoms with van der Waals surface area (Å²) in [6.07, 6.45) is 0. The van der Waals surface area contributed by atoms with Crippen LogP contribution in [0.2, 0.25) is 0 Å². The quantitative estimate of drug-likeness (QED) is 0.376. The summed E-state index contributed by atoms with van der Waals surface area (Å²) in [6, 6.07) is 0. The van der Waals surface area contributed by atoms with Crippen LogP contribution in [0.5, 0.6) is 0 Å². The lowest BCUT2D eigenvalue weighted by molar-refractivity contribution is 0.538. The molecule has 0 aliphatic carbocycles. The zero-order valence-corrected chi connectivity index (χ0v) is 12.3. The fraction of sp³-hybridized carbons (Fsp3) is 0.667. The highest BCUT2D eigenvalue weighted by Crippen LogP contribution is 2.30. The Morgan fingerprint density at radius 1 is 1.24 bits per heavy atom. The van der Waals surface area contributed by atoms with Crippen LogP contribution in [0.3, 0.4) is 0 Å². The van der Waals surface area contributed by atoms with Gasteiger partial charge in [0.25, 0.3) is 0 Å². The van der Waals surface area contributed by atoms with Gasteiger partial charge in [0, 0.05) is 16.2 Å². The van der Waals surface area contributed by atoms with Gasteiger partial charge < -0.3 is 5.43 Å². The number of nitrogens with two attached hydrogens (primary N) is 1. The number of hydrogen-bond acceptors (Lipinski definition) is 5. The molecule has 0 radical (unpaired) electrons. The van der Waals surface area contributed by atoms with Crippen LogP contribution in [0, 0.1) is 6.92 Å². The minimum atomic E-state index is -0.0778. The van der Waals surface area contributed by atoms with Gasteiger partial charge in [-0.05, 0) is 6.92 Å². The maximum atomic E-state index is 5.51. The van der Waals surface area contributed by atoms with Crippen molar-refractivity contribution >= 4 is 17.6 Å². The molecule has 0 saturated heterocycles. The average Bonchev–Trinajstić information content (AvgIpc) is 2.18.